The van der Waals surface area contributed by atoms with Crippen LogP contribution in [0.4, 0.5) is 14.5 Å². The summed E-state index contributed by atoms with van der Waals surface area (Å²) in [4.78, 5) is 41.7. The van der Waals surface area contributed by atoms with Crippen LogP contribution in [-0.2, 0) is 9.53 Å². The molecule has 4 fully saturated rings. The van der Waals surface area contributed by atoms with E-state index in [-0.39, 0.29) is 53.4 Å². The van der Waals surface area contributed by atoms with Crippen LogP contribution in [0.3, 0.4) is 0 Å². The Bertz CT molecular complexity index is 2050. The summed E-state index contributed by atoms with van der Waals surface area (Å²) in [7, 11) is 0. The number of rotatable bonds is 9. The summed E-state index contributed by atoms with van der Waals surface area (Å²) in [6, 6.07) is 10.6. The van der Waals surface area contributed by atoms with Crippen molar-refractivity contribution in [1.82, 2.24) is 24.5 Å². The third-order valence-electron chi connectivity index (χ3n) is 13.0. The van der Waals surface area contributed by atoms with Crippen molar-refractivity contribution in [3.8, 4) is 0 Å². The minimum Gasteiger partial charge on any atom is -0.373 e. The zero-order chi connectivity index (χ0) is 37.8. The first-order valence-corrected chi connectivity index (χ1v) is 19.9. The number of hydrogen-bond acceptors (Lipinski definition) is 8. The van der Waals surface area contributed by atoms with Crippen molar-refractivity contribution >= 4 is 29.0 Å². The number of aliphatic hydroxyl groups excluding tert-OH is 1. The second kappa shape index (κ2) is 14.6. The van der Waals surface area contributed by atoms with Crippen LogP contribution in [0, 0.1) is 23.1 Å². The summed E-state index contributed by atoms with van der Waals surface area (Å²) in [5.41, 5.74) is 2.43. The van der Waals surface area contributed by atoms with Crippen molar-refractivity contribution in [1.29, 1.82) is 0 Å². The lowest BCUT2D eigenvalue weighted by atomic mass is 9.79. The number of anilines is 1. The summed E-state index contributed by atoms with van der Waals surface area (Å²) in [6.07, 6.45) is 14.1. The zero-order valence-corrected chi connectivity index (χ0v) is 31.2. The van der Waals surface area contributed by atoms with Gasteiger partial charge in [0.15, 0.2) is 0 Å². The Hall–Kier alpha value is -4.46. The highest BCUT2D eigenvalue weighted by Gasteiger charge is 2.58. The number of amides is 2. The molecule has 290 valence electrons. The Morgan fingerprint density at radius 3 is 2.71 bits per heavy atom. The van der Waals surface area contributed by atoms with Gasteiger partial charge in [-0.1, -0.05) is 31.2 Å². The van der Waals surface area contributed by atoms with E-state index in [9.17, 15) is 23.5 Å². The molecule has 2 N–H and O–H groups in total. The van der Waals surface area contributed by atoms with E-state index in [1.54, 1.807) is 9.80 Å². The van der Waals surface area contributed by atoms with Crippen molar-refractivity contribution in [2.75, 3.05) is 31.1 Å². The third-order valence-corrected chi connectivity index (χ3v) is 13.0. The van der Waals surface area contributed by atoms with Crippen LogP contribution >= 0.6 is 0 Å². The fourth-order valence-electron chi connectivity index (χ4n) is 9.84. The molecule has 2 amide bonds. The van der Waals surface area contributed by atoms with Gasteiger partial charge in [-0.25, -0.2) is 18.8 Å². The van der Waals surface area contributed by atoms with Gasteiger partial charge in [-0.15, -0.1) is 0 Å². The predicted molar refractivity (Wildman–Crippen MR) is 203 cm³/mol. The summed E-state index contributed by atoms with van der Waals surface area (Å²) in [6.45, 7) is 6.28. The van der Waals surface area contributed by atoms with Gasteiger partial charge in [0.05, 0.1) is 18.9 Å². The second-order valence-corrected chi connectivity index (χ2v) is 16.5. The fourth-order valence-corrected chi connectivity index (χ4v) is 9.84. The lowest BCUT2D eigenvalue weighted by Crippen LogP contribution is -2.66. The number of ether oxygens (including phenoxy) is 1. The largest absolute Gasteiger partial charge is 0.373 e. The van der Waals surface area contributed by atoms with Crippen LogP contribution < -0.4 is 10.2 Å². The van der Waals surface area contributed by atoms with E-state index >= 15 is 0 Å². The topological polar surface area (TPSA) is 115 Å². The van der Waals surface area contributed by atoms with Crippen LogP contribution in [0.25, 0.3) is 5.65 Å². The number of allylic oxidation sites excluding steroid dienone is 2. The number of aliphatic hydroxyl groups is 1. The van der Waals surface area contributed by atoms with E-state index in [0.717, 1.165) is 63.7 Å². The summed E-state index contributed by atoms with van der Waals surface area (Å²) in [5, 5.41) is 15.2. The molecule has 1 spiro atoms. The highest BCUT2D eigenvalue weighted by atomic mass is 19.1. The molecule has 55 heavy (non-hydrogen) atoms. The normalized spacial score (nSPS) is 32.1. The number of carbonyl (C=O) groups is 2. The van der Waals surface area contributed by atoms with Crippen molar-refractivity contribution in [3.63, 3.8) is 0 Å². The molecule has 13 heteroatoms. The number of halogens is 2. The Morgan fingerprint density at radius 1 is 1.09 bits per heavy atom. The molecule has 3 aliphatic carbocycles. The highest BCUT2D eigenvalue weighted by Crippen LogP contribution is 2.57. The quantitative estimate of drug-likeness (QED) is 0.261. The van der Waals surface area contributed by atoms with Crippen molar-refractivity contribution in [2.24, 2.45) is 22.2 Å². The molecule has 11 nitrogen and oxygen atoms in total. The number of carbonyl (C=O) groups excluding carboxylic acids is 2. The molecule has 6 aliphatic rings. The molecule has 3 aromatic rings. The van der Waals surface area contributed by atoms with Gasteiger partial charge >= 0.3 is 0 Å². The Kier molecular flexibility index (Phi) is 9.58. The lowest BCUT2D eigenvalue weighted by molar-refractivity contribution is -0.152. The van der Waals surface area contributed by atoms with E-state index in [0.29, 0.717) is 35.9 Å². The first-order chi connectivity index (χ1) is 26.7. The van der Waals surface area contributed by atoms with Gasteiger partial charge in [-0.3, -0.25) is 19.4 Å². The maximum atomic E-state index is 14.7. The predicted octanol–water partition coefficient (Wildman–Crippen LogP) is 5.92. The van der Waals surface area contributed by atoms with Gasteiger partial charge < -0.3 is 24.5 Å². The molecule has 2 saturated carbocycles. The van der Waals surface area contributed by atoms with Crippen LogP contribution in [-0.4, -0.2) is 92.7 Å². The molecule has 2 aromatic heterocycles. The van der Waals surface area contributed by atoms with Gasteiger partial charge in [0.2, 0.25) is 12.3 Å². The zero-order valence-electron chi connectivity index (χ0n) is 31.2. The first-order valence-electron chi connectivity index (χ1n) is 19.9. The monoisotopic (exact) mass is 753 g/mol. The maximum Gasteiger partial charge on any atom is 0.271 e. The standard InChI is InChI=1S/C42H49F2N7O4/c1-26-19-32(55-18-17-48-15-2-3-16-48)8-9-33(26)27-5-4-6-31(20-27)50-38-34(21-29(44)23-45-38)40(53)51(41(50)54)30-11-13-42(14-12-30)22-36(42)47-39(52)35-25-49-24-28(43)7-10-37(49)46-35/h4-10,20,23-26,30,32-34,36,41,54H,2-3,11-19,21-22H2,1H3,(H,47,52). The van der Waals surface area contributed by atoms with Crippen LogP contribution in [0.1, 0.15) is 86.7 Å². The van der Waals surface area contributed by atoms with Crippen molar-refractivity contribution in [2.45, 2.75) is 95.2 Å². The maximum absolute atomic E-state index is 14.7. The Morgan fingerprint density at radius 2 is 1.91 bits per heavy atom. The number of likely N-dealkylation sites (tertiary alicyclic amines) is 1. The molecular formula is C42H49F2N7O4. The number of amidine groups is 1. The molecule has 6 unspecified atom stereocenters. The molecule has 0 bridgehead atoms. The third kappa shape index (κ3) is 6.99. The number of pyridine rings is 1. The molecule has 9 rings (SSSR count). The van der Waals surface area contributed by atoms with Crippen LogP contribution in [0.2, 0.25) is 0 Å². The molecule has 6 atom stereocenters. The fraction of sp³-hybridized carbons (Fsp3) is 0.524. The average Bonchev–Trinajstić information content (AvgIpc) is 3.49. The first kappa shape index (κ1) is 36.2. The highest BCUT2D eigenvalue weighted by molar-refractivity contribution is 6.14. The van der Waals surface area contributed by atoms with E-state index in [2.05, 4.69) is 51.4 Å². The van der Waals surface area contributed by atoms with E-state index in [1.165, 1.54) is 41.8 Å². The summed E-state index contributed by atoms with van der Waals surface area (Å²) in [5.74, 6) is -1.49. The Labute approximate surface area is 319 Å². The smallest absolute Gasteiger partial charge is 0.271 e. The average molecular weight is 754 g/mol. The lowest BCUT2D eigenvalue weighted by Gasteiger charge is -2.50. The molecule has 1 aromatic carbocycles. The van der Waals surface area contributed by atoms with Crippen LogP contribution in [0.15, 0.2) is 78.0 Å². The van der Waals surface area contributed by atoms with Gasteiger partial charge in [-0.2, -0.15) is 0 Å². The number of aliphatic imine (C=N–C) groups is 1. The molecular weight excluding hydrogens is 705 g/mol. The number of aromatic nitrogens is 2. The molecule has 5 heterocycles. The second-order valence-electron chi connectivity index (χ2n) is 16.5. The van der Waals surface area contributed by atoms with Crippen molar-refractivity contribution in [3.05, 3.63) is 90.0 Å². The summed E-state index contributed by atoms with van der Waals surface area (Å²) >= 11 is 0. The summed E-state index contributed by atoms with van der Waals surface area (Å²) < 4.78 is 36.2. The Balaban J connectivity index is 0.880. The minimum atomic E-state index is -1.31. The van der Waals surface area contributed by atoms with Gasteiger partial charge in [0.25, 0.3) is 5.91 Å². The van der Waals surface area contributed by atoms with E-state index in [1.807, 2.05) is 12.1 Å². The number of nitrogens with zero attached hydrogens (tertiary/aromatic N) is 6. The van der Waals surface area contributed by atoms with Gasteiger partial charge in [0, 0.05) is 49.0 Å². The number of nitrogens with one attached hydrogen (secondary N) is 1. The molecule has 2 saturated heterocycles. The number of imidazole rings is 1. The van der Waals surface area contributed by atoms with Crippen molar-refractivity contribution < 1.29 is 28.2 Å². The number of fused-ring (bicyclic) bond motifs is 2. The van der Waals surface area contributed by atoms with Gasteiger partial charge in [-0.05, 0) is 106 Å². The number of benzene rings is 1. The van der Waals surface area contributed by atoms with Crippen LogP contribution in [0.5, 0.6) is 0 Å². The molecule has 3 aliphatic heterocycles. The van der Waals surface area contributed by atoms with Gasteiger partial charge in [0.1, 0.15) is 34.7 Å². The van der Waals surface area contributed by atoms with E-state index in [4.69, 9.17) is 4.74 Å². The number of hydrogen-bond donors (Lipinski definition) is 2. The SMILES string of the molecule is CC1CC(OCCN2CCCC2)C=CC1c1cccc(N2C3=NC=C(F)CC3C(=O)N(C3CCC4(CC3)CC4NC(=O)c3cn4cc(F)ccc4n3)C2O)c1. The minimum absolute atomic E-state index is 0.0342. The van der Waals surface area contributed by atoms with E-state index < -0.39 is 23.9 Å². The molecule has 0 radical (unpaired) electrons.